The first-order valence-electron chi connectivity index (χ1n) is 6.84. The number of hydrogen-bond acceptors (Lipinski definition) is 4. The van der Waals surface area contributed by atoms with Gasteiger partial charge in [0.15, 0.2) is 0 Å². The van der Waals surface area contributed by atoms with E-state index in [4.69, 9.17) is 4.98 Å². The maximum atomic E-state index is 4.81. The Labute approximate surface area is 140 Å². The number of rotatable bonds is 2. The van der Waals surface area contributed by atoms with Gasteiger partial charge in [-0.15, -0.1) is 22.7 Å². The molecule has 5 heteroatoms. The molecular formula is C16H13BrN2S2. The number of nitrogens with one attached hydrogen (secondary N) is 1. The molecule has 106 valence electrons. The van der Waals surface area contributed by atoms with Gasteiger partial charge in [-0.25, -0.2) is 4.98 Å². The van der Waals surface area contributed by atoms with Gasteiger partial charge < -0.3 is 5.32 Å². The highest BCUT2D eigenvalue weighted by Gasteiger charge is 2.12. The fourth-order valence-corrected chi connectivity index (χ4v) is 4.87. The van der Waals surface area contributed by atoms with E-state index in [0.29, 0.717) is 0 Å². The Morgan fingerprint density at radius 3 is 2.95 bits per heavy atom. The lowest BCUT2D eigenvalue weighted by atomic mass is 9.98. The van der Waals surface area contributed by atoms with Crippen molar-refractivity contribution >= 4 is 38.6 Å². The van der Waals surface area contributed by atoms with Crippen molar-refractivity contribution in [1.82, 2.24) is 10.3 Å². The molecule has 0 amide bonds. The zero-order chi connectivity index (χ0) is 14.2. The summed E-state index contributed by atoms with van der Waals surface area (Å²) in [6.45, 7) is 2.06. The van der Waals surface area contributed by atoms with Crippen LogP contribution in [0.3, 0.4) is 0 Å². The largest absolute Gasteiger partial charge is 0.312 e. The Bertz CT molecular complexity index is 791. The van der Waals surface area contributed by atoms with E-state index in [1.54, 1.807) is 22.7 Å². The van der Waals surface area contributed by atoms with Gasteiger partial charge >= 0.3 is 0 Å². The van der Waals surface area contributed by atoms with Gasteiger partial charge in [-0.2, -0.15) is 0 Å². The third kappa shape index (κ3) is 2.71. The molecule has 0 saturated carbocycles. The summed E-state index contributed by atoms with van der Waals surface area (Å²) in [5, 5.41) is 6.67. The smallest absolute Gasteiger partial charge is 0.134 e. The molecule has 21 heavy (non-hydrogen) atoms. The van der Waals surface area contributed by atoms with Gasteiger partial charge in [0.1, 0.15) is 5.01 Å². The highest BCUT2D eigenvalue weighted by Crippen LogP contribution is 2.35. The minimum atomic E-state index is 0.987. The summed E-state index contributed by atoms with van der Waals surface area (Å²) in [5.41, 5.74) is 5.19. The SMILES string of the molecule is Brc1ccc(-c2nc(-c3ccc4c(c3)CCNC4)cs2)s1. The molecule has 0 spiro atoms. The molecular weight excluding hydrogens is 364 g/mol. The first kappa shape index (κ1) is 13.6. The zero-order valence-corrected chi connectivity index (χ0v) is 14.4. The standard InChI is InChI=1S/C16H13BrN2S2/c17-15-4-3-14(21-15)16-19-13(9-20-16)11-1-2-12-8-18-6-5-10(12)7-11/h1-4,7,9,18H,5-6,8H2. The monoisotopic (exact) mass is 376 g/mol. The first-order chi connectivity index (χ1) is 10.3. The number of thiazole rings is 1. The van der Waals surface area contributed by atoms with Crippen LogP contribution in [0, 0.1) is 0 Å². The van der Waals surface area contributed by atoms with Crippen LogP contribution in [0.15, 0.2) is 39.5 Å². The first-order valence-corrected chi connectivity index (χ1v) is 9.33. The third-order valence-electron chi connectivity index (χ3n) is 3.68. The second-order valence-corrected chi connectivity index (χ2v) is 8.37. The summed E-state index contributed by atoms with van der Waals surface area (Å²) >= 11 is 6.95. The molecule has 1 aromatic carbocycles. The summed E-state index contributed by atoms with van der Waals surface area (Å²) in [6, 6.07) is 10.9. The molecule has 3 aromatic rings. The van der Waals surface area contributed by atoms with E-state index in [-0.39, 0.29) is 0 Å². The average molecular weight is 377 g/mol. The van der Waals surface area contributed by atoms with Crippen molar-refractivity contribution in [2.24, 2.45) is 0 Å². The molecule has 4 rings (SSSR count). The lowest BCUT2D eigenvalue weighted by Gasteiger charge is -2.17. The van der Waals surface area contributed by atoms with Crippen molar-refractivity contribution in [3.05, 3.63) is 50.6 Å². The molecule has 1 aliphatic rings. The summed E-state index contributed by atoms with van der Waals surface area (Å²) in [4.78, 5) is 6.03. The van der Waals surface area contributed by atoms with E-state index in [0.717, 1.165) is 34.0 Å². The van der Waals surface area contributed by atoms with Gasteiger partial charge in [0.2, 0.25) is 0 Å². The second kappa shape index (κ2) is 5.65. The highest BCUT2D eigenvalue weighted by molar-refractivity contribution is 9.11. The Morgan fingerprint density at radius 2 is 2.10 bits per heavy atom. The molecule has 3 heterocycles. The normalized spacial score (nSPS) is 14.1. The van der Waals surface area contributed by atoms with Crippen molar-refractivity contribution in [1.29, 1.82) is 0 Å². The fourth-order valence-electron chi connectivity index (χ4n) is 2.59. The number of aromatic nitrogens is 1. The second-order valence-electron chi connectivity index (χ2n) is 5.05. The van der Waals surface area contributed by atoms with E-state index in [2.05, 4.69) is 57.0 Å². The van der Waals surface area contributed by atoms with E-state index in [1.807, 2.05) is 0 Å². The zero-order valence-electron chi connectivity index (χ0n) is 11.2. The van der Waals surface area contributed by atoms with Gasteiger partial charge in [-0.3, -0.25) is 0 Å². The lowest BCUT2D eigenvalue weighted by Crippen LogP contribution is -2.23. The molecule has 0 radical (unpaired) electrons. The van der Waals surface area contributed by atoms with Crippen LogP contribution in [0.4, 0.5) is 0 Å². The molecule has 0 unspecified atom stereocenters. The maximum Gasteiger partial charge on any atom is 0.134 e. The van der Waals surface area contributed by atoms with Crippen LogP contribution in [0.2, 0.25) is 0 Å². The third-order valence-corrected chi connectivity index (χ3v) is 6.31. The minimum Gasteiger partial charge on any atom is -0.312 e. The van der Waals surface area contributed by atoms with Crippen LogP contribution in [0.5, 0.6) is 0 Å². The van der Waals surface area contributed by atoms with Crippen LogP contribution in [-0.2, 0) is 13.0 Å². The topological polar surface area (TPSA) is 24.9 Å². The number of fused-ring (bicyclic) bond motifs is 1. The predicted octanol–water partition coefficient (Wildman–Crippen LogP) is 4.95. The quantitative estimate of drug-likeness (QED) is 0.684. The summed E-state index contributed by atoms with van der Waals surface area (Å²) in [6.07, 6.45) is 1.11. The maximum absolute atomic E-state index is 4.81. The van der Waals surface area contributed by atoms with Crippen molar-refractivity contribution in [3.63, 3.8) is 0 Å². The van der Waals surface area contributed by atoms with Crippen LogP contribution in [0.25, 0.3) is 21.1 Å². The van der Waals surface area contributed by atoms with Crippen molar-refractivity contribution in [2.75, 3.05) is 6.54 Å². The van der Waals surface area contributed by atoms with Gasteiger partial charge in [0.05, 0.1) is 14.4 Å². The van der Waals surface area contributed by atoms with Crippen molar-refractivity contribution in [3.8, 4) is 21.1 Å². The van der Waals surface area contributed by atoms with Crippen LogP contribution < -0.4 is 5.32 Å². The Kier molecular flexibility index (Phi) is 3.67. The molecule has 0 bridgehead atoms. The predicted molar refractivity (Wildman–Crippen MR) is 94.0 cm³/mol. The fraction of sp³-hybridized carbons (Fsp3) is 0.188. The van der Waals surface area contributed by atoms with Gasteiger partial charge in [0, 0.05) is 17.5 Å². The molecule has 2 aromatic heterocycles. The van der Waals surface area contributed by atoms with Crippen molar-refractivity contribution < 1.29 is 0 Å². The Hall–Kier alpha value is -1.01. The number of benzene rings is 1. The Balaban J connectivity index is 1.69. The van der Waals surface area contributed by atoms with Crippen molar-refractivity contribution in [2.45, 2.75) is 13.0 Å². The molecule has 0 atom stereocenters. The molecule has 0 fully saturated rings. The number of hydrogen-bond donors (Lipinski definition) is 1. The van der Waals surface area contributed by atoms with Gasteiger partial charge in [-0.1, -0.05) is 12.1 Å². The number of thiophene rings is 1. The van der Waals surface area contributed by atoms with E-state index >= 15 is 0 Å². The van der Waals surface area contributed by atoms with Crippen LogP contribution in [0.1, 0.15) is 11.1 Å². The molecule has 1 N–H and O–H groups in total. The highest BCUT2D eigenvalue weighted by atomic mass is 79.9. The van der Waals surface area contributed by atoms with Crippen LogP contribution >= 0.6 is 38.6 Å². The van der Waals surface area contributed by atoms with Gasteiger partial charge in [-0.05, 0) is 58.2 Å². The lowest BCUT2D eigenvalue weighted by molar-refractivity contribution is 0.644. The minimum absolute atomic E-state index is 0.987. The van der Waals surface area contributed by atoms with E-state index in [1.165, 1.54) is 21.6 Å². The molecule has 2 nitrogen and oxygen atoms in total. The molecule has 0 saturated heterocycles. The molecule has 1 aliphatic heterocycles. The summed E-state index contributed by atoms with van der Waals surface area (Å²) in [7, 11) is 0. The summed E-state index contributed by atoms with van der Waals surface area (Å²) in [5.74, 6) is 0. The summed E-state index contributed by atoms with van der Waals surface area (Å²) < 4.78 is 1.15. The number of nitrogens with zero attached hydrogens (tertiary/aromatic N) is 1. The van der Waals surface area contributed by atoms with Crippen LogP contribution in [-0.4, -0.2) is 11.5 Å². The number of halogens is 1. The Morgan fingerprint density at radius 1 is 1.14 bits per heavy atom. The van der Waals surface area contributed by atoms with E-state index < -0.39 is 0 Å². The average Bonchev–Trinajstić information content (AvgIpc) is 3.15. The van der Waals surface area contributed by atoms with E-state index in [9.17, 15) is 0 Å². The van der Waals surface area contributed by atoms with Gasteiger partial charge in [0.25, 0.3) is 0 Å². The molecule has 0 aliphatic carbocycles.